The van der Waals surface area contributed by atoms with Crippen LogP contribution in [0.2, 0.25) is 0 Å². The topological polar surface area (TPSA) is 103 Å². The lowest BCUT2D eigenvalue weighted by atomic mass is 10.0. The number of thiophene rings is 1. The van der Waals surface area contributed by atoms with Crippen molar-refractivity contribution in [2.75, 3.05) is 25.6 Å². The Morgan fingerprint density at radius 2 is 2.11 bits per heavy atom. The molecule has 0 saturated carbocycles. The van der Waals surface area contributed by atoms with Gasteiger partial charge in [-0.25, -0.2) is 9.59 Å². The second kappa shape index (κ2) is 8.42. The first kappa shape index (κ1) is 19.9. The maximum Gasteiger partial charge on any atom is 0.410 e. The number of aromatic nitrogens is 2. The van der Waals surface area contributed by atoms with E-state index in [1.807, 2.05) is 6.92 Å². The van der Waals surface area contributed by atoms with Crippen molar-refractivity contribution in [1.29, 1.82) is 0 Å². The van der Waals surface area contributed by atoms with Gasteiger partial charge in [-0.1, -0.05) is 0 Å². The fraction of sp³-hybridized carbons (Fsp3) is 0.444. The highest BCUT2D eigenvalue weighted by molar-refractivity contribution is 7.17. The van der Waals surface area contributed by atoms with Crippen LogP contribution in [0.4, 0.5) is 9.80 Å². The van der Waals surface area contributed by atoms with E-state index in [1.165, 1.54) is 18.4 Å². The fourth-order valence-electron chi connectivity index (χ4n) is 3.01. The first-order valence-corrected chi connectivity index (χ1v) is 9.79. The first-order valence-electron chi connectivity index (χ1n) is 8.97. The third-order valence-corrected chi connectivity index (χ3v) is 5.53. The van der Waals surface area contributed by atoms with Crippen LogP contribution in [0.3, 0.4) is 0 Å². The van der Waals surface area contributed by atoms with E-state index in [9.17, 15) is 14.4 Å². The van der Waals surface area contributed by atoms with E-state index in [0.29, 0.717) is 43.2 Å². The molecular weight excluding hydrogens is 384 g/mol. The number of anilines is 1. The van der Waals surface area contributed by atoms with Crippen molar-refractivity contribution in [2.45, 2.75) is 33.4 Å². The molecule has 150 valence electrons. The van der Waals surface area contributed by atoms with Crippen LogP contribution in [-0.4, -0.2) is 52.9 Å². The summed E-state index contributed by atoms with van der Waals surface area (Å²) in [5.41, 5.74) is 1.40. The minimum atomic E-state index is -0.517. The van der Waals surface area contributed by atoms with Gasteiger partial charge in [0.05, 0.1) is 25.8 Å². The van der Waals surface area contributed by atoms with Crippen molar-refractivity contribution in [1.82, 2.24) is 14.7 Å². The summed E-state index contributed by atoms with van der Waals surface area (Å²) >= 11 is 1.26. The highest BCUT2D eigenvalue weighted by Crippen LogP contribution is 2.38. The summed E-state index contributed by atoms with van der Waals surface area (Å²) in [5.74, 6) is -0.922. The van der Waals surface area contributed by atoms with E-state index in [-0.39, 0.29) is 5.69 Å². The molecule has 3 rings (SSSR count). The van der Waals surface area contributed by atoms with Gasteiger partial charge in [-0.3, -0.25) is 9.48 Å². The lowest BCUT2D eigenvalue weighted by molar-refractivity contribution is 0.0600. The minimum Gasteiger partial charge on any atom is -0.465 e. The van der Waals surface area contributed by atoms with Crippen LogP contribution >= 0.6 is 11.3 Å². The Balaban J connectivity index is 1.88. The predicted octanol–water partition coefficient (Wildman–Crippen LogP) is 2.52. The number of aryl methyl sites for hydroxylation is 1. The zero-order chi connectivity index (χ0) is 20.3. The summed E-state index contributed by atoms with van der Waals surface area (Å²) in [6.07, 6.45) is 1.80. The molecule has 3 heterocycles. The van der Waals surface area contributed by atoms with E-state index in [2.05, 4.69) is 10.4 Å². The fourth-order valence-corrected chi connectivity index (χ4v) is 4.25. The summed E-state index contributed by atoms with van der Waals surface area (Å²) in [6, 6.07) is 1.62. The summed E-state index contributed by atoms with van der Waals surface area (Å²) in [7, 11) is 1.30. The summed E-state index contributed by atoms with van der Waals surface area (Å²) in [5, 5.41) is 7.36. The number of methoxy groups -OCH3 is 1. The van der Waals surface area contributed by atoms with Gasteiger partial charge < -0.3 is 19.7 Å². The summed E-state index contributed by atoms with van der Waals surface area (Å²) in [6.45, 7) is 5.38. The van der Waals surface area contributed by atoms with Crippen molar-refractivity contribution in [3.05, 3.63) is 34.0 Å². The predicted molar refractivity (Wildman–Crippen MR) is 103 cm³/mol. The van der Waals surface area contributed by atoms with E-state index >= 15 is 0 Å². The number of hydrogen-bond acceptors (Lipinski definition) is 7. The highest BCUT2D eigenvalue weighted by atomic mass is 32.1. The third kappa shape index (κ3) is 3.86. The van der Waals surface area contributed by atoms with Crippen molar-refractivity contribution < 1.29 is 23.9 Å². The molecule has 0 unspecified atom stereocenters. The van der Waals surface area contributed by atoms with E-state index in [4.69, 9.17) is 9.47 Å². The van der Waals surface area contributed by atoms with Gasteiger partial charge in [0.25, 0.3) is 5.91 Å². The van der Waals surface area contributed by atoms with Crippen LogP contribution in [0.15, 0.2) is 12.3 Å². The highest BCUT2D eigenvalue weighted by Gasteiger charge is 2.31. The second-order valence-corrected chi connectivity index (χ2v) is 7.19. The van der Waals surface area contributed by atoms with E-state index in [0.717, 1.165) is 10.4 Å². The van der Waals surface area contributed by atoms with Gasteiger partial charge >= 0.3 is 12.1 Å². The van der Waals surface area contributed by atoms with Crippen molar-refractivity contribution in [3.8, 4) is 0 Å². The molecule has 0 saturated heterocycles. The standard InChI is InChI=1S/C18H22N4O5S/c1-4-22-9-7-12(20-22)15(23)19-16-14(17(24)26-3)11-6-8-21(10-13(11)28-16)18(25)27-5-2/h7,9H,4-6,8,10H2,1-3H3,(H,19,23). The number of carbonyl (C=O) groups excluding carboxylic acids is 3. The Hall–Kier alpha value is -2.88. The van der Waals surface area contributed by atoms with Gasteiger partial charge in [0.1, 0.15) is 5.00 Å². The molecular formula is C18H22N4O5S. The molecule has 2 aromatic rings. The van der Waals surface area contributed by atoms with Gasteiger partial charge in [-0.2, -0.15) is 5.10 Å². The molecule has 0 radical (unpaired) electrons. The maximum atomic E-state index is 12.6. The largest absolute Gasteiger partial charge is 0.465 e. The number of esters is 1. The van der Waals surface area contributed by atoms with E-state index < -0.39 is 18.0 Å². The SMILES string of the molecule is CCOC(=O)N1CCc2c(sc(NC(=O)c3ccn(CC)n3)c2C(=O)OC)C1. The van der Waals surface area contributed by atoms with Gasteiger partial charge in [-0.05, 0) is 31.9 Å². The van der Waals surface area contributed by atoms with Crippen LogP contribution in [0.1, 0.15) is 45.1 Å². The van der Waals surface area contributed by atoms with Crippen molar-refractivity contribution in [3.63, 3.8) is 0 Å². The molecule has 28 heavy (non-hydrogen) atoms. The number of rotatable bonds is 5. The Bertz CT molecular complexity index is 904. The number of fused-ring (bicyclic) bond motifs is 1. The average molecular weight is 406 g/mol. The van der Waals surface area contributed by atoms with Crippen LogP contribution in [0, 0.1) is 0 Å². The molecule has 1 aliphatic heterocycles. The second-order valence-electron chi connectivity index (χ2n) is 6.08. The zero-order valence-corrected chi connectivity index (χ0v) is 16.8. The lowest BCUT2D eigenvalue weighted by Crippen LogP contribution is -2.36. The molecule has 2 aromatic heterocycles. The number of amides is 2. The summed E-state index contributed by atoms with van der Waals surface area (Å²) < 4.78 is 11.6. The Morgan fingerprint density at radius 3 is 2.75 bits per heavy atom. The zero-order valence-electron chi connectivity index (χ0n) is 16.0. The molecule has 1 N–H and O–H groups in total. The molecule has 10 heteroatoms. The monoisotopic (exact) mass is 406 g/mol. The van der Waals surface area contributed by atoms with Crippen molar-refractivity contribution >= 4 is 34.3 Å². The molecule has 0 bridgehead atoms. The molecule has 0 spiro atoms. The molecule has 0 fully saturated rings. The number of ether oxygens (including phenoxy) is 2. The average Bonchev–Trinajstić information content (AvgIpc) is 3.31. The lowest BCUT2D eigenvalue weighted by Gasteiger charge is -2.26. The van der Waals surface area contributed by atoms with Gasteiger partial charge in [0.2, 0.25) is 0 Å². The van der Waals surface area contributed by atoms with Gasteiger partial charge in [-0.15, -0.1) is 11.3 Å². The van der Waals surface area contributed by atoms with Crippen molar-refractivity contribution in [2.24, 2.45) is 0 Å². The summed E-state index contributed by atoms with van der Waals surface area (Å²) in [4.78, 5) is 39.4. The first-order chi connectivity index (χ1) is 13.5. The van der Waals surface area contributed by atoms with Gasteiger partial charge in [0.15, 0.2) is 5.69 Å². The van der Waals surface area contributed by atoms with Crippen LogP contribution in [0.25, 0.3) is 0 Å². The molecule has 2 amide bonds. The normalized spacial score (nSPS) is 13.0. The smallest absolute Gasteiger partial charge is 0.410 e. The Kier molecular flexibility index (Phi) is 5.98. The quantitative estimate of drug-likeness (QED) is 0.766. The third-order valence-electron chi connectivity index (χ3n) is 4.40. The number of hydrogen-bond donors (Lipinski definition) is 1. The maximum absolute atomic E-state index is 12.6. The number of nitrogens with one attached hydrogen (secondary N) is 1. The van der Waals surface area contributed by atoms with Crippen LogP contribution in [0.5, 0.6) is 0 Å². The number of carbonyl (C=O) groups is 3. The van der Waals surface area contributed by atoms with E-state index in [1.54, 1.807) is 28.8 Å². The Labute approximate surface area is 166 Å². The van der Waals surface area contributed by atoms with Gasteiger partial charge in [0, 0.05) is 24.2 Å². The molecule has 9 nitrogen and oxygen atoms in total. The minimum absolute atomic E-state index is 0.261. The number of nitrogens with zero attached hydrogens (tertiary/aromatic N) is 3. The molecule has 0 aromatic carbocycles. The molecule has 1 aliphatic rings. The Morgan fingerprint density at radius 1 is 1.32 bits per heavy atom. The van der Waals surface area contributed by atoms with Crippen LogP contribution in [-0.2, 0) is 29.0 Å². The van der Waals surface area contributed by atoms with Crippen LogP contribution < -0.4 is 5.32 Å². The molecule has 0 atom stereocenters. The molecule has 0 aliphatic carbocycles.